The first kappa shape index (κ1) is 42.6. The normalized spacial score (nSPS) is 23.7. The molecule has 0 saturated carbocycles. The molecule has 46 heavy (non-hydrogen) atoms. The topological polar surface area (TPSA) is 192 Å². The Hall–Kier alpha value is -1.42. The van der Waals surface area contributed by atoms with Crippen LogP contribution in [-0.4, -0.2) is 95.4 Å². The van der Waals surface area contributed by atoms with Crippen molar-refractivity contribution in [1.82, 2.24) is 5.32 Å². The summed E-state index contributed by atoms with van der Waals surface area (Å²) in [7, 11) is -5.07. The number of nitrogens with one attached hydrogen (secondary N) is 1. The van der Waals surface area contributed by atoms with Crippen molar-refractivity contribution in [3.63, 3.8) is 0 Å². The van der Waals surface area contributed by atoms with E-state index in [0.717, 1.165) is 44.9 Å². The summed E-state index contributed by atoms with van der Waals surface area (Å²) in [5, 5.41) is 44.1. The average molecular weight is 680 g/mol. The van der Waals surface area contributed by atoms with E-state index in [0.29, 0.717) is 6.42 Å². The van der Waals surface area contributed by atoms with Crippen LogP contribution in [0.5, 0.6) is 0 Å². The largest absolute Gasteiger partial charge is 0.397 e. The van der Waals surface area contributed by atoms with Crippen molar-refractivity contribution < 1.29 is 51.8 Å². The lowest BCUT2D eigenvalue weighted by Crippen LogP contribution is -2.61. The quantitative estimate of drug-likeness (QED) is 0.0413. The Morgan fingerprint density at radius 1 is 0.848 bits per heavy atom. The Balaban J connectivity index is 2.75. The zero-order valence-electron chi connectivity index (χ0n) is 27.9. The van der Waals surface area contributed by atoms with Crippen LogP contribution in [0.2, 0.25) is 0 Å². The summed E-state index contributed by atoms with van der Waals surface area (Å²) in [5.74, 6) is -0.304. The van der Waals surface area contributed by atoms with Gasteiger partial charge in [-0.1, -0.05) is 102 Å². The van der Waals surface area contributed by atoms with E-state index in [4.69, 9.17) is 14.0 Å². The van der Waals surface area contributed by atoms with Crippen LogP contribution >= 0.6 is 0 Å². The maximum atomic E-state index is 12.8. The molecule has 13 heteroatoms. The SMILES string of the molecule is CCCCCC/C=C\CCCC(=O)NC(COC1OC(CO)C(O)C(OS(=O)(=O)O)C1O)C(O)/C=C/CCCCCCCCCC. The molecule has 1 aliphatic rings. The number of rotatable bonds is 27. The standard InChI is InChI=1S/C33H61NO11S/c1-3-5-7-9-11-13-15-16-18-20-22-27(36)26(34-29(37)23-21-19-17-14-12-10-8-6-4-2)25-43-33-31(39)32(45-46(40,41)42)30(38)28(24-35)44-33/h14,17,20,22,26-28,30-33,35-36,38-39H,3-13,15-16,18-19,21,23-25H2,1-2H3,(H,34,37)(H,40,41,42)/b17-14-,22-20+. The van der Waals surface area contributed by atoms with E-state index in [1.54, 1.807) is 6.08 Å². The number of carbonyl (C=O) groups is 1. The zero-order valence-corrected chi connectivity index (χ0v) is 28.7. The van der Waals surface area contributed by atoms with E-state index in [2.05, 4.69) is 35.5 Å². The predicted octanol–water partition coefficient (Wildman–Crippen LogP) is 4.26. The number of aliphatic hydroxyl groups is 4. The van der Waals surface area contributed by atoms with Gasteiger partial charge in [-0.15, -0.1) is 0 Å². The molecule has 1 amide bonds. The fraction of sp³-hybridized carbons (Fsp3) is 0.848. The highest BCUT2D eigenvalue weighted by molar-refractivity contribution is 7.80. The molecule has 1 rings (SSSR count). The fourth-order valence-corrected chi connectivity index (χ4v) is 5.73. The summed E-state index contributed by atoms with van der Waals surface area (Å²) in [4.78, 5) is 12.8. The van der Waals surface area contributed by atoms with Gasteiger partial charge < -0.3 is 35.2 Å². The summed E-state index contributed by atoms with van der Waals surface area (Å²) in [5.41, 5.74) is 0. The minimum atomic E-state index is -5.07. The van der Waals surface area contributed by atoms with Gasteiger partial charge in [0.05, 0.1) is 25.4 Å². The lowest BCUT2D eigenvalue weighted by Gasteiger charge is -2.41. The fourth-order valence-electron chi connectivity index (χ4n) is 5.22. The summed E-state index contributed by atoms with van der Waals surface area (Å²) < 4.78 is 47.1. The Morgan fingerprint density at radius 3 is 1.98 bits per heavy atom. The molecule has 0 radical (unpaired) electrons. The van der Waals surface area contributed by atoms with E-state index in [1.165, 1.54) is 51.4 Å². The minimum Gasteiger partial charge on any atom is -0.394 e. The highest BCUT2D eigenvalue weighted by atomic mass is 32.3. The molecule has 7 atom stereocenters. The first-order chi connectivity index (χ1) is 22.0. The van der Waals surface area contributed by atoms with Crippen LogP contribution in [0.15, 0.2) is 24.3 Å². The van der Waals surface area contributed by atoms with Gasteiger partial charge in [0.2, 0.25) is 5.91 Å². The van der Waals surface area contributed by atoms with Crippen molar-refractivity contribution in [1.29, 1.82) is 0 Å². The zero-order chi connectivity index (χ0) is 34.2. The smallest absolute Gasteiger partial charge is 0.394 e. The monoisotopic (exact) mass is 679 g/mol. The van der Waals surface area contributed by atoms with Gasteiger partial charge in [0.25, 0.3) is 0 Å². The van der Waals surface area contributed by atoms with Gasteiger partial charge in [-0.05, 0) is 38.5 Å². The highest BCUT2D eigenvalue weighted by Crippen LogP contribution is 2.26. The Bertz CT molecular complexity index is 946. The van der Waals surface area contributed by atoms with E-state index >= 15 is 0 Å². The summed E-state index contributed by atoms with van der Waals surface area (Å²) in [6, 6.07) is -0.951. The van der Waals surface area contributed by atoms with Crippen molar-refractivity contribution in [2.45, 2.75) is 166 Å². The Kier molecular flexibility index (Phi) is 23.7. The van der Waals surface area contributed by atoms with Crippen LogP contribution in [-0.2, 0) is 28.9 Å². The molecule has 0 aliphatic carbocycles. The van der Waals surface area contributed by atoms with Gasteiger partial charge in [-0.25, -0.2) is 4.18 Å². The average Bonchev–Trinajstić information content (AvgIpc) is 3.01. The third kappa shape index (κ3) is 19.4. The third-order valence-electron chi connectivity index (χ3n) is 7.98. The molecule has 1 heterocycles. The summed E-state index contributed by atoms with van der Waals surface area (Å²) in [6.45, 7) is 3.24. The van der Waals surface area contributed by atoms with Gasteiger partial charge >= 0.3 is 10.4 Å². The van der Waals surface area contributed by atoms with Gasteiger partial charge in [-0.2, -0.15) is 8.42 Å². The molecule has 1 saturated heterocycles. The molecule has 0 aromatic carbocycles. The summed E-state index contributed by atoms with van der Waals surface area (Å²) in [6.07, 6.45) is 15.5. The van der Waals surface area contributed by atoms with Crippen molar-refractivity contribution in [2.75, 3.05) is 13.2 Å². The Labute approximate surface area is 276 Å². The number of unbranched alkanes of at least 4 members (excludes halogenated alkanes) is 13. The predicted molar refractivity (Wildman–Crippen MR) is 176 cm³/mol. The van der Waals surface area contributed by atoms with Crippen LogP contribution < -0.4 is 5.32 Å². The van der Waals surface area contributed by atoms with E-state index < -0.39 is 59.9 Å². The van der Waals surface area contributed by atoms with Crippen LogP contribution in [0.25, 0.3) is 0 Å². The second-order valence-corrected chi connectivity index (χ2v) is 13.1. The first-order valence-electron chi connectivity index (χ1n) is 17.2. The molecule has 12 nitrogen and oxygen atoms in total. The van der Waals surface area contributed by atoms with Crippen molar-refractivity contribution in [3.05, 3.63) is 24.3 Å². The maximum Gasteiger partial charge on any atom is 0.397 e. The second kappa shape index (κ2) is 25.6. The van der Waals surface area contributed by atoms with Crippen molar-refractivity contribution in [3.8, 4) is 0 Å². The highest BCUT2D eigenvalue weighted by Gasteiger charge is 2.48. The lowest BCUT2D eigenvalue weighted by molar-refractivity contribution is -0.298. The van der Waals surface area contributed by atoms with Crippen molar-refractivity contribution >= 4 is 16.3 Å². The molecule has 0 bridgehead atoms. The number of hydrogen-bond donors (Lipinski definition) is 6. The molecular weight excluding hydrogens is 618 g/mol. The molecule has 0 aromatic heterocycles. The minimum absolute atomic E-state index is 0.219. The van der Waals surface area contributed by atoms with E-state index in [9.17, 15) is 33.6 Å². The molecule has 0 aromatic rings. The van der Waals surface area contributed by atoms with Crippen LogP contribution in [0.3, 0.4) is 0 Å². The maximum absolute atomic E-state index is 12.8. The number of aliphatic hydroxyl groups excluding tert-OH is 4. The summed E-state index contributed by atoms with van der Waals surface area (Å²) >= 11 is 0. The first-order valence-corrected chi connectivity index (χ1v) is 18.6. The van der Waals surface area contributed by atoms with E-state index in [1.807, 2.05) is 6.08 Å². The molecule has 7 unspecified atom stereocenters. The van der Waals surface area contributed by atoms with Crippen LogP contribution in [0.1, 0.15) is 123 Å². The second-order valence-electron chi connectivity index (χ2n) is 12.1. The lowest BCUT2D eigenvalue weighted by atomic mass is 9.99. The number of carbonyl (C=O) groups excluding carboxylic acids is 1. The van der Waals surface area contributed by atoms with Crippen molar-refractivity contribution in [2.24, 2.45) is 0 Å². The molecule has 270 valence electrons. The molecule has 0 spiro atoms. The number of amides is 1. The van der Waals surface area contributed by atoms with Crippen LogP contribution in [0.4, 0.5) is 0 Å². The molecule has 1 aliphatic heterocycles. The molecule has 6 N–H and O–H groups in total. The van der Waals surface area contributed by atoms with Gasteiger partial charge in [0, 0.05) is 6.42 Å². The third-order valence-corrected chi connectivity index (χ3v) is 8.44. The van der Waals surface area contributed by atoms with E-state index in [-0.39, 0.29) is 18.9 Å². The number of ether oxygens (including phenoxy) is 2. The van der Waals surface area contributed by atoms with Crippen LogP contribution in [0, 0.1) is 0 Å². The molecular formula is C33H61NO11S. The molecule has 1 fully saturated rings. The van der Waals surface area contributed by atoms with Gasteiger partial charge in [0.1, 0.15) is 24.4 Å². The Morgan fingerprint density at radius 2 is 1.39 bits per heavy atom. The van der Waals surface area contributed by atoms with Gasteiger partial charge in [0.15, 0.2) is 6.29 Å². The number of hydrogen-bond acceptors (Lipinski definition) is 10. The number of allylic oxidation sites excluding steroid dienone is 3. The van der Waals surface area contributed by atoms with Gasteiger partial charge in [-0.3, -0.25) is 9.35 Å².